The molecule has 0 aliphatic rings. The number of rotatable bonds is 5. The molecular formula is C6H12Cl2S. The first-order valence-corrected chi connectivity index (χ1v) is 5.21. The Labute approximate surface area is 71.3 Å². The topological polar surface area (TPSA) is 0 Å². The number of thioether (sulfide) groups is 1. The highest BCUT2D eigenvalue weighted by atomic mass is 35.5. The Morgan fingerprint density at radius 3 is 2.67 bits per heavy atom. The molecule has 56 valence electrons. The molecule has 0 N–H and O–H groups in total. The molecule has 0 aliphatic heterocycles. The van der Waals surface area contributed by atoms with E-state index < -0.39 is 0 Å². The minimum Gasteiger partial charge on any atom is -0.159 e. The second-order valence-electron chi connectivity index (χ2n) is 1.77. The van der Waals surface area contributed by atoms with E-state index >= 15 is 0 Å². The lowest BCUT2D eigenvalue weighted by molar-refractivity contribution is 0.906. The Bertz CT molecular complexity index is 59.0. The number of hydrogen-bond acceptors (Lipinski definition) is 1. The van der Waals surface area contributed by atoms with Crippen molar-refractivity contribution in [2.75, 3.05) is 17.4 Å². The molecule has 0 saturated heterocycles. The van der Waals surface area contributed by atoms with E-state index in [0.29, 0.717) is 5.38 Å². The molecule has 0 spiro atoms. The van der Waals surface area contributed by atoms with E-state index in [1.54, 1.807) is 0 Å². The molecule has 3 heteroatoms. The minimum absolute atomic E-state index is 0.332. The fourth-order valence-corrected chi connectivity index (χ4v) is 1.75. The average molecular weight is 187 g/mol. The van der Waals surface area contributed by atoms with Gasteiger partial charge >= 0.3 is 0 Å². The predicted octanol–water partition coefficient (Wildman–Crippen LogP) is 2.98. The van der Waals surface area contributed by atoms with Crippen molar-refractivity contribution in [1.29, 1.82) is 0 Å². The lowest BCUT2D eigenvalue weighted by Crippen LogP contribution is -2.00. The fraction of sp³-hybridized carbons (Fsp3) is 1.00. The van der Waals surface area contributed by atoms with E-state index in [4.69, 9.17) is 23.2 Å². The third kappa shape index (κ3) is 6.82. The van der Waals surface area contributed by atoms with Crippen molar-refractivity contribution >= 4 is 35.0 Å². The summed E-state index contributed by atoms with van der Waals surface area (Å²) in [6.07, 6.45) is 1.05. The molecule has 0 nitrogen and oxygen atoms in total. The van der Waals surface area contributed by atoms with E-state index in [9.17, 15) is 0 Å². The predicted molar refractivity (Wildman–Crippen MR) is 48.0 cm³/mol. The summed E-state index contributed by atoms with van der Waals surface area (Å²) in [6.45, 7) is 2.10. The van der Waals surface area contributed by atoms with Gasteiger partial charge in [-0.2, -0.15) is 11.8 Å². The zero-order chi connectivity index (χ0) is 7.11. The highest BCUT2D eigenvalue weighted by molar-refractivity contribution is 7.99. The van der Waals surface area contributed by atoms with Gasteiger partial charge in [-0.25, -0.2) is 0 Å². The number of halogens is 2. The molecule has 1 atom stereocenters. The van der Waals surface area contributed by atoms with E-state index in [1.165, 1.54) is 0 Å². The molecule has 1 unspecified atom stereocenters. The molecule has 0 rings (SSSR count). The lowest BCUT2D eigenvalue weighted by atomic mass is 10.4. The van der Waals surface area contributed by atoms with Crippen molar-refractivity contribution in [1.82, 2.24) is 0 Å². The van der Waals surface area contributed by atoms with Crippen molar-refractivity contribution in [3.05, 3.63) is 0 Å². The Balaban J connectivity index is 2.88. The largest absolute Gasteiger partial charge is 0.159 e. The Kier molecular flexibility index (Phi) is 7.77. The lowest BCUT2D eigenvalue weighted by Gasteiger charge is -2.02. The molecular weight excluding hydrogens is 175 g/mol. The molecule has 0 aromatic heterocycles. The van der Waals surface area contributed by atoms with E-state index in [-0.39, 0.29) is 0 Å². The zero-order valence-electron chi connectivity index (χ0n) is 5.57. The van der Waals surface area contributed by atoms with Crippen LogP contribution in [0.4, 0.5) is 0 Å². The normalized spacial score (nSPS) is 13.7. The van der Waals surface area contributed by atoms with Gasteiger partial charge in [0, 0.05) is 22.8 Å². The van der Waals surface area contributed by atoms with Gasteiger partial charge in [0.15, 0.2) is 0 Å². The maximum Gasteiger partial charge on any atom is 0.0423 e. The van der Waals surface area contributed by atoms with Gasteiger partial charge in [-0.15, -0.1) is 23.2 Å². The summed E-state index contributed by atoms with van der Waals surface area (Å²) in [7, 11) is 0. The van der Waals surface area contributed by atoms with Crippen molar-refractivity contribution in [2.45, 2.75) is 18.7 Å². The van der Waals surface area contributed by atoms with Crippen LogP contribution in [-0.4, -0.2) is 22.8 Å². The maximum absolute atomic E-state index is 5.84. The van der Waals surface area contributed by atoms with Crippen LogP contribution in [0, 0.1) is 0 Å². The van der Waals surface area contributed by atoms with Gasteiger partial charge in [-0.1, -0.05) is 6.92 Å². The van der Waals surface area contributed by atoms with E-state index in [0.717, 1.165) is 23.8 Å². The molecule has 0 aromatic carbocycles. The molecule has 0 amide bonds. The van der Waals surface area contributed by atoms with Gasteiger partial charge in [-0.05, 0) is 6.42 Å². The molecule has 0 radical (unpaired) electrons. The van der Waals surface area contributed by atoms with Crippen LogP contribution in [0.15, 0.2) is 0 Å². The quantitative estimate of drug-likeness (QED) is 0.471. The number of alkyl halides is 2. The minimum atomic E-state index is 0.332. The first kappa shape index (κ1) is 9.93. The second kappa shape index (κ2) is 7.04. The van der Waals surface area contributed by atoms with Crippen molar-refractivity contribution in [2.24, 2.45) is 0 Å². The van der Waals surface area contributed by atoms with Gasteiger partial charge in [0.2, 0.25) is 0 Å². The van der Waals surface area contributed by atoms with Gasteiger partial charge in [0.1, 0.15) is 0 Å². The number of hydrogen-bond donors (Lipinski definition) is 0. The van der Waals surface area contributed by atoms with Crippen molar-refractivity contribution in [3.8, 4) is 0 Å². The summed E-state index contributed by atoms with van der Waals surface area (Å²) >= 11 is 13.1. The summed E-state index contributed by atoms with van der Waals surface area (Å²) in [5.41, 5.74) is 0. The third-order valence-corrected chi connectivity index (χ3v) is 3.15. The molecule has 0 saturated carbocycles. The van der Waals surface area contributed by atoms with Crippen LogP contribution in [0.1, 0.15) is 13.3 Å². The van der Waals surface area contributed by atoms with Crippen LogP contribution in [0.5, 0.6) is 0 Å². The van der Waals surface area contributed by atoms with Crippen LogP contribution in [0.2, 0.25) is 0 Å². The van der Waals surface area contributed by atoms with Crippen LogP contribution in [-0.2, 0) is 0 Å². The van der Waals surface area contributed by atoms with Gasteiger partial charge in [0.05, 0.1) is 0 Å². The standard InChI is InChI=1S/C6H12Cl2S/c1-2-6(8)5-9-4-3-7/h6H,2-5H2,1H3. The highest BCUT2D eigenvalue weighted by Crippen LogP contribution is 2.10. The summed E-state index contributed by atoms with van der Waals surface area (Å²) < 4.78 is 0. The smallest absolute Gasteiger partial charge is 0.0423 e. The van der Waals surface area contributed by atoms with Crippen LogP contribution in [0.3, 0.4) is 0 Å². The second-order valence-corrected chi connectivity index (χ2v) is 3.91. The maximum atomic E-state index is 5.84. The SMILES string of the molecule is CCC(Cl)CSCCCl. The molecule has 0 aromatic rings. The molecule has 0 aliphatic carbocycles. The first-order valence-electron chi connectivity index (χ1n) is 3.09. The molecule has 9 heavy (non-hydrogen) atoms. The van der Waals surface area contributed by atoms with E-state index in [2.05, 4.69) is 6.92 Å². The summed E-state index contributed by atoms with van der Waals surface area (Å²) in [5, 5.41) is 0.332. The Morgan fingerprint density at radius 2 is 2.22 bits per heavy atom. The fourth-order valence-electron chi connectivity index (χ4n) is 0.384. The van der Waals surface area contributed by atoms with Gasteiger partial charge < -0.3 is 0 Å². The van der Waals surface area contributed by atoms with Gasteiger partial charge in [-0.3, -0.25) is 0 Å². The zero-order valence-corrected chi connectivity index (χ0v) is 7.90. The molecule has 0 fully saturated rings. The first-order chi connectivity index (χ1) is 4.31. The summed E-state index contributed by atoms with van der Waals surface area (Å²) in [4.78, 5) is 0. The molecule has 0 bridgehead atoms. The van der Waals surface area contributed by atoms with Crippen LogP contribution >= 0.6 is 35.0 Å². The van der Waals surface area contributed by atoms with Crippen LogP contribution < -0.4 is 0 Å². The summed E-state index contributed by atoms with van der Waals surface area (Å²) in [6, 6.07) is 0. The van der Waals surface area contributed by atoms with Crippen LogP contribution in [0.25, 0.3) is 0 Å². The average Bonchev–Trinajstić information content (AvgIpc) is 1.89. The molecule has 0 heterocycles. The van der Waals surface area contributed by atoms with Crippen molar-refractivity contribution in [3.63, 3.8) is 0 Å². The highest BCUT2D eigenvalue weighted by Gasteiger charge is 1.98. The Hall–Kier alpha value is 0.930. The van der Waals surface area contributed by atoms with Gasteiger partial charge in [0.25, 0.3) is 0 Å². The third-order valence-electron chi connectivity index (χ3n) is 0.963. The van der Waals surface area contributed by atoms with Crippen molar-refractivity contribution < 1.29 is 0 Å². The van der Waals surface area contributed by atoms with E-state index in [1.807, 2.05) is 11.8 Å². The Morgan fingerprint density at radius 1 is 1.56 bits per heavy atom. The monoisotopic (exact) mass is 186 g/mol. The summed E-state index contributed by atoms with van der Waals surface area (Å²) in [5.74, 6) is 2.79.